The van der Waals surface area contributed by atoms with Crippen LogP contribution >= 0.6 is 36.6 Å². The van der Waals surface area contributed by atoms with Crippen LogP contribution in [0, 0.1) is 0 Å². The molecule has 0 aliphatic heterocycles. The number of benzene rings is 1. The van der Waals surface area contributed by atoms with Crippen LogP contribution in [0.1, 0.15) is 22.5 Å². The maximum atomic E-state index is 12.3. The lowest BCUT2D eigenvalue weighted by Crippen LogP contribution is -2.41. The molecular formula is C16H22Cl2N4O3S. The zero-order chi connectivity index (χ0) is 17.4. The van der Waals surface area contributed by atoms with Crippen LogP contribution in [0.4, 0.5) is 5.69 Å². The molecule has 0 unspecified atom stereocenters. The van der Waals surface area contributed by atoms with Gasteiger partial charge in [-0.25, -0.2) is 9.78 Å². The third-order valence-corrected chi connectivity index (χ3v) is 4.01. The summed E-state index contributed by atoms with van der Waals surface area (Å²) in [5.41, 5.74) is 2.03. The molecule has 2 rings (SSSR count). The Morgan fingerprint density at radius 2 is 2.12 bits per heavy atom. The zero-order valence-corrected chi connectivity index (χ0v) is 16.5. The second-order valence-electron chi connectivity index (χ2n) is 5.14. The molecule has 1 heterocycles. The predicted octanol–water partition coefficient (Wildman–Crippen LogP) is 2.80. The maximum absolute atomic E-state index is 12.3. The first kappa shape index (κ1) is 24.1. The second-order valence-corrected chi connectivity index (χ2v) is 6.13. The van der Waals surface area contributed by atoms with E-state index in [9.17, 15) is 14.7 Å². The van der Waals surface area contributed by atoms with Crippen LogP contribution in [0.2, 0.25) is 0 Å². The SMILES string of the molecule is CSCC[C@H](NC(=O)c1cccc(NCc2c[nH]cn2)c1)C(=O)O.Cl.Cl. The monoisotopic (exact) mass is 420 g/mol. The van der Waals surface area contributed by atoms with Crippen LogP contribution in [0.25, 0.3) is 0 Å². The lowest BCUT2D eigenvalue weighted by atomic mass is 10.1. The van der Waals surface area contributed by atoms with Crippen molar-refractivity contribution in [2.24, 2.45) is 0 Å². The molecule has 144 valence electrons. The fraction of sp³-hybridized carbons (Fsp3) is 0.312. The van der Waals surface area contributed by atoms with Gasteiger partial charge in [0.15, 0.2) is 0 Å². The number of nitrogens with one attached hydrogen (secondary N) is 3. The van der Waals surface area contributed by atoms with E-state index in [1.54, 1.807) is 42.5 Å². The molecule has 1 aromatic carbocycles. The maximum Gasteiger partial charge on any atom is 0.326 e. The number of nitrogens with zero attached hydrogens (tertiary/aromatic N) is 1. The van der Waals surface area contributed by atoms with Crippen molar-refractivity contribution in [2.75, 3.05) is 17.3 Å². The van der Waals surface area contributed by atoms with Crippen LogP contribution < -0.4 is 10.6 Å². The van der Waals surface area contributed by atoms with Gasteiger partial charge in [0.05, 0.1) is 18.6 Å². The minimum absolute atomic E-state index is 0. The lowest BCUT2D eigenvalue weighted by Gasteiger charge is -2.14. The highest BCUT2D eigenvalue weighted by Crippen LogP contribution is 2.12. The van der Waals surface area contributed by atoms with E-state index in [4.69, 9.17) is 0 Å². The summed E-state index contributed by atoms with van der Waals surface area (Å²) in [5.74, 6) is -0.750. The standard InChI is InChI=1S/C16H20N4O3S.2ClH/c1-24-6-5-14(16(22)23)20-15(21)11-3-2-4-12(7-11)18-9-13-8-17-10-19-13;;/h2-4,7-8,10,14,18H,5-6,9H2,1H3,(H,17,19)(H,20,21)(H,22,23);2*1H/t14-;;/m0../s1. The van der Waals surface area contributed by atoms with Gasteiger partial charge in [0.2, 0.25) is 0 Å². The summed E-state index contributed by atoms with van der Waals surface area (Å²) in [5, 5.41) is 14.9. The van der Waals surface area contributed by atoms with Gasteiger partial charge >= 0.3 is 5.97 Å². The molecule has 0 aliphatic carbocycles. The van der Waals surface area contributed by atoms with Gasteiger partial charge < -0.3 is 20.7 Å². The number of rotatable bonds is 9. The average molecular weight is 421 g/mol. The molecule has 0 fully saturated rings. The van der Waals surface area contributed by atoms with Crippen molar-refractivity contribution in [1.29, 1.82) is 0 Å². The third-order valence-electron chi connectivity index (χ3n) is 3.37. The molecule has 0 saturated heterocycles. The first-order valence-corrected chi connectivity index (χ1v) is 8.83. The van der Waals surface area contributed by atoms with E-state index in [2.05, 4.69) is 20.6 Å². The number of H-pyrrole nitrogens is 1. The minimum Gasteiger partial charge on any atom is -0.480 e. The highest BCUT2D eigenvalue weighted by Gasteiger charge is 2.20. The van der Waals surface area contributed by atoms with E-state index in [1.807, 2.05) is 12.3 Å². The lowest BCUT2D eigenvalue weighted by molar-refractivity contribution is -0.139. The Kier molecular flexibility index (Phi) is 11.5. The quantitative estimate of drug-likeness (QED) is 0.496. The van der Waals surface area contributed by atoms with Gasteiger partial charge in [-0.15, -0.1) is 24.8 Å². The van der Waals surface area contributed by atoms with Crippen molar-refractivity contribution >= 4 is 54.1 Å². The third kappa shape index (κ3) is 7.55. The number of aromatic amines is 1. The molecule has 0 radical (unpaired) electrons. The molecule has 2 aromatic rings. The summed E-state index contributed by atoms with van der Waals surface area (Å²) in [6, 6.07) is 6.05. The number of imidazole rings is 1. The zero-order valence-electron chi connectivity index (χ0n) is 14.1. The smallest absolute Gasteiger partial charge is 0.326 e. The Labute approximate surface area is 168 Å². The molecule has 0 spiro atoms. The Bertz CT molecular complexity index is 686. The fourth-order valence-electron chi connectivity index (χ4n) is 2.09. The number of halogens is 2. The summed E-state index contributed by atoms with van der Waals surface area (Å²) in [7, 11) is 0. The molecule has 0 bridgehead atoms. The number of carbonyl (C=O) groups is 2. The van der Waals surface area contributed by atoms with Crippen LogP contribution in [-0.4, -0.2) is 45.0 Å². The average Bonchev–Trinajstić information content (AvgIpc) is 3.10. The molecule has 1 atom stereocenters. The van der Waals surface area contributed by atoms with Gasteiger partial charge in [-0.05, 0) is 36.6 Å². The first-order chi connectivity index (χ1) is 11.6. The predicted molar refractivity (Wildman–Crippen MR) is 109 cm³/mol. The Balaban J connectivity index is 0.00000312. The molecule has 0 saturated carbocycles. The Hall–Kier alpha value is -1.90. The normalized spacial score (nSPS) is 10.8. The summed E-state index contributed by atoms with van der Waals surface area (Å²) in [6.45, 7) is 0.528. The second kappa shape index (κ2) is 12.5. The van der Waals surface area contributed by atoms with E-state index in [0.717, 1.165) is 11.4 Å². The molecule has 4 N–H and O–H groups in total. The Morgan fingerprint density at radius 3 is 2.73 bits per heavy atom. The summed E-state index contributed by atoms with van der Waals surface area (Å²) in [6.07, 6.45) is 5.67. The van der Waals surface area contributed by atoms with Crippen molar-refractivity contribution in [3.05, 3.63) is 48.0 Å². The number of hydrogen-bond donors (Lipinski definition) is 4. The van der Waals surface area contributed by atoms with Crippen molar-refractivity contribution in [3.8, 4) is 0 Å². The minimum atomic E-state index is -1.02. The van der Waals surface area contributed by atoms with E-state index < -0.39 is 17.9 Å². The number of anilines is 1. The number of hydrogen-bond acceptors (Lipinski definition) is 5. The van der Waals surface area contributed by atoms with Crippen molar-refractivity contribution in [2.45, 2.75) is 19.0 Å². The van der Waals surface area contributed by atoms with Gasteiger partial charge in [-0.2, -0.15) is 11.8 Å². The fourth-order valence-corrected chi connectivity index (χ4v) is 2.56. The molecule has 26 heavy (non-hydrogen) atoms. The van der Waals surface area contributed by atoms with Gasteiger partial charge in [0, 0.05) is 17.4 Å². The molecule has 1 amide bonds. The Morgan fingerprint density at radius 1 is 1.35 bits per heavy atom. The number of carbonyl (C=O) groups excluding carboxylic acids is 1. The largest absolute Gasteiger partial charge is 0.480 e. The number of thioether (sulfide) groups is 1. The first-order valence-electron chi connectivity index (χ1n) is 7.44. The van der Waals surface area contributed by atoms with Crippen LogP contribution in [0.3, 0.4) is 0 Å². The van der Waals surface area contributed by atoms with Gasteiger partial charge in [-0.3, -0.25) is 4.79 Å². The van der Waals surface area contributed by atoms with E-state index in [-0.39, 0.29) is 24.8 Å². The van der Waals surface area contributed by atoms with Crippen LogP contribution in [0.5, 0.6) is 0 Å². The van der Waals surface area contributed by atoms with E-state index >= 15 is 0 Å². The highest BCUT2D eigenvalue weighted by molar-refractivity contribution is 7.98. The van der Waals surface area contributed by atoms with Crippen LogP contribution in [0.15, 0.2) is 36.8 Å². The molecule has 7 nitrogen and oxygen atoms in total. The van der Waals surface area contributed by atoms with Crippen molar-refractivity contribution in [1.82, 2.24) is 15.3 Å². The van der Waals surface area contributed by atoms with Crippen LogP contribution in [-0.2, 0) is 11.3 Å². The van der Waals surface area contributed by atoms with E-state index in [1.165, 1.54) is 0 Å². The number of aliphatic carboxylic acids is 1. The van der Waals surface area contributed by atoms with Crippen molar-refractivity contribution < 1.29 is 14.7 Å². The number of aromatic nitrogens is 2. The molecule has 1 aromatic heterocycles. The molecule has 0 aliphatic rings. The number of amides is 1. The number of carboxylic acid groups (broad SMARTS) is 1. The summed E-state index contributed by atoms with van der Waals surface area (Å²) in [4.78, 5) is 30.5. The molecule has 10 heteroatoms. The summed E-state index contributed by atoms with van der Waals surface area (Å²) >= 11 is 1.54. The van der Waals surface area contributed by atoms with Crippen molar-refractivity contribution in [3.63, 3.8) is 0 Å². The highest BCUT2D eigenvalue weighted by atomic mass is 35.5. The topological polar surface area (TPSA) is 107 Å². The summed E-state index contributed by atoms with van der Waals surface area (Å²) < 4.78 is 0. The molecular weight excluding hydrogens is 399 g/mol. The van der Waals surface area contributed by atoms with Gasteiger partial charge in [-0.1, -0.05) is 6.07 Å². The van der Waals surface area contributed by atoms with E-state index in [0.29, 0.717) is 24.3 Å². The van der Waals surface area contributed by atoms with Gasteiger partial charge in [0.25, 0.3) is 5.91 Å². The number of carboxylic acids is 1. The van der Waals surface area contributed by atoms with Gasteiger partial charge in [0.1, 0.15) is 6.04 Å².